The van der Waals surface area contributed by atoms with Gasteiger partial charge in [-0.3, -0.25) is 19.0 Å². The van der Waals surface area contributed by atoms with Crippen molar-refractivity contribution in [1.82, 2.24) is 19.9 Å². The van der Waals surface area contributed by atoms with Crippen LogP contribution in [0.3, 0.4) is 0 Å². The summed E-state index contributed by atoms with van der Waals surface area (Å²) in [5.74, 6) is -0.879. The van der Waals surface area contributed by atoms with E-state index in [4.69, 9.17) is 14.2 Å². The van der Waals surface area contributed by atoms with E-state index in [0.717, 1.165) is 4.57 Å². The molecule has 2 aromatic heterocycles. The first-order valence-corrected chi connectivity index (χ1v) is 10.6. The number of ether oxygens (including phenoxy) is 3. The number of aromatic nitrogens is 3. The number of aliphatic carboxylic acids is 1. The number of hydrogen-bond donors (Lipinski definition) is 2. The minimum Gasteiger partial charge on any atom is -0.493 e. The number of fused-ring (bicyclic) bond motifs is 2. The molecule has 0 saturated carbocycles. The van der Waals surface area contributed by atoms with Gasteiger partial charge in [0.25, 0.3) is 11.5 Å². The molecule has 11 heteroatoms. The Bertz CT molecular complexity index is 1470. The molecular weight excluding hydrogens is 456 g/mol. The molecule has 2 N–H and O–H groups in total. The normalized spacial score (nSPS) is 10.8. The third-order valence-electron chi connectivity index (χ3n) is 5.14. The van der Waals surface area contributed by atoms with E-state index < -0.39 is 24.0 Å². The minimum absolute atomic E-state index is 0.00189. The average molecular weight is 478 g/mol. The first-order chi connectivity index (χ1) is 16.9. The van der Waals surface area contributed by atoms with Crippen LogP contribution in [0.25, 0.3) is 21.9 Å². The van der Waals surface area contributed by atoms with E-state index in [9.17, 15) is 19.5 Å². The monoisotopic (exact) mass is 478 g/mol. The van der Waals surface area contributed by atoms with Crippen LogP contribution in [-0.4, -0.2) is 58.9 Å². The zero-order valence-electron chi connectivity index (χ0n) is 19.0. The van der Waals surface area contributed by atoms with E-state index in [1.54, 1.807) is 24.3 Å². The van der Waals surface area contributed by atoms with E-state index in [1.165, 1.54) is 20.3 Å². The van der Waals surface area contributed by atoms with Crippen LogP contribution in [-0.2, 0) is 11.3 Å². The molecule has 0 aliphatic rings. The molecule has 0 aliphatic heterocycles. The number of carbonyl (C=O) groups excluding carboxylic acids is 1. The van der Waals surface area contributed by atoms with Crippen LogP contribution in [0.15, 0.2) is 53.3 Å². The zero-order valence-corrected chi connectivity index (χ0v) is 19.0. The summed E-state index contributed by atoms with van der Waals surface area (Å²) in [7, 11) is 2.97. The molecule has 0 spiro atoms. The topological polar surface area (TPSA) is 142 Å². The molecule has 0 atom stereocenters. The molecule has 0 aliphatic carbocycles. The number of pyridine rings is 1. The van der Waals surface area contributed by atoms with Gasteiger partial charge in [0.05, 0.1) is 31.7 Å². The third-order valence-corrected chi connectivity index (χ3v) is 5.14. The fourth-order valence-corrected chi connectivity index (χ4v) is 3.52. The van der Waals surface area contributed by atoms with Gasteiger partial charge in [-0.2, -0.15) is 0 Å². The molecule has 4 aromatic rings. The van der Waals surface area contributed by atoms with Gasteiger partial charge in [0.1, 0.15) is 18.9 Å². The number of rotatable bonds is 9. The summed E-state index contributed by atoms with van der Waals surface area (Å²) in [5.41, 5.74) is -0.241. The number of amides is 1. The third kappa shape index (κ3) is 4.98. The molecule has 2 heterocycles. The maximum Gasteiger partial charge on any atom is 0.323 e. The molecule has 4 rings (SSSR count). The van der Waals surface area contributed by atoms with Gasteiger partial charge < -0.3 is 24.6 Å². The van der Waals surface area contributed by atoms with E-state index in [-0.39, 0.29) is 30.0 Å². The highest BCUT2D eigenvalue weighted by atomic mass is 16.5. The second-order valence-corrected chi connectivity index (χ2v) is 7.40. The van der Waals surface area contributed by atoms with Gasteiger partial charge >= 0.3 is 5.97 Å². The molecule has 35 heavy (non-hydrogen) atoms. The lowest BCUT2D eigenvalue weighted by molar-refractivity contribution is -0.137. The Morgan fingerprint density at radius 1 is 1.03 bits per heavy atom. The van der Waals surface area contributed by atoms with Crippen molar-refractivity contribution >= 4 is 33.8 Å². The average Bonchev–Trinajstić information content (AvgIpc) is 2.86. The number of carboxylic acid groups (broad SMARTS) is 1. The SMILES string of the molecule is COc1cc2cc3c(=O)n(CC(=O)O)c(C(=O)NCCOc4ccccc4)nc3nc2cc1OC. The van der Waals surface area contributed by atoms with E-state index in [0.29, 0.717) is 28.2 Å². The van der Waals surface area contributed by atoms with E-state index in [2.05, 4.69) is 15.3 Å². The van der Waals surface area contributed by atoms with Crippen LogP contribution in [0.2, 0.25) is 0 Å². The van der Waals surface area contributed by atoms with Crippen LogP contribution >= 0.6 is 0 Å². The van der Waals surface area contributed by atoms with Crippen molar-refractivity contribution in [3.05, 3.63) is 64.7 Å². The smallest absolute Gasteiger partial charge is 0.323 e. The molecule has 0 fully saturated rings. The summed E-state index contributed by atoms with van der Waals surface area (Å²) in [6, 6.07) is 13.8. The van der Waals surface area contributed by atoms with Crippen LogP contribution < -0.4 is 25.1 Å². The Morgan fingerprint density at radius 3 is 2.43 bits per heavy atom. The number of methoxy groups -OCH3 is 2. The summed E-state index contributed by atoms with van der Waals surface area (Å²) >= 11 is 0. The number of hydrogen-bond acceptors (Lipinski definition) is 8. The lowest BCUT2D eigenvalue weighted by Crippen LogP contribution is -2.37. The quantitative estimate of drug-likeness (QED) is 0.272. The Balaban J connectivity index is 1.70. The molecule has 2 aromatic carbocycles. The Kier molecular flexibility index (Phi) is 6.76. The molecule has 11 nitrogen and oxygen atoms in total. The molecular formula is C24H22N4O7. The van der Waals surface area contributed by atoms with Crippen molar-refractivity contribution < 1.29 is 28.9 Å². The first-order valence-electron chi connectivity index (χ1n) is 10.6. The van der Waals surface area contributed by atoms with Crippen molar-refractivity contribution in [2.45, 2.75) is 6.54 Å². The first kappa shape index (κ1) is 23.5. The second-order valence-electron chi connectivity index (χ2n) is 7.40. The second kappa shape index (κ2) is 10.1. The van der Waals surface area contributed by atoms with Gasteiger partial charge in [0.2, 0.25) is 5.82 Å². The lowest BCUT2D eigenvalue weighted by Gasteiger charge is -2.13. The lowest BCUT2D eigenvalue weighted by atomic mass is 10.1. The van der Waals surface area contributed by atoms with Crippen molar-refractivity contribution in [3.8, 4) is 17.2 Å². The van der Waals surface area contributed by atoms with E-state index >= 15 is 0 Å². The number of carboxylic acids is 1. The van der Waals surface area contributed by atoms with Crippen molar-refractivity contribution in [1.29, 1.82) is 0 Å². The van der Waals surface area contributed by atoms with Gasteiger partial charge in [-0.1, -0.05) is 18.2 Å². The summed E-state index contributed by atoms with van der Waals surface area (Å²) < 4.78 is 16.9. The largest absolute Gasteiger partial charge is 0.493 e. The fraction of sp³-hybridized carbons (Fsp3) is 0.208. The zero-order chi connectivity index (χ0) is 24.9. The summed E-state index contributed by atoms with van der Waals surface area (Å²) in [4.78, 5) is 46.1. The Labute approximate surface area is 198 Å². The number of para-hydroxylation sites is 1. The molecule has 0 radical (unpaired) electrons. The van der Waals surface area contributed by atoms with Crippen molar-refractivity contribution in [3.63, 3.8) is 0 Å². The van der Waals surface area contributed by atoms with Crippen molar-refractivity contribution in [2.24, 2.45) is 0 Å². The van der Waals surface area contributed by atoms with Gasteiger partial charge in [-0.15, -0.1) is 0 Å². The molecule has 0 unspecified atom stereocenters. The minimum atomic E-state index is -1.30. The molecule has 180 valence electrons. The summed E-state index contributed by atoms with van der Waals surface area (Å²) in [6.45, 7) is -0.469. The predicted octanol–water partition coefficient (Wildman–Crippen LogP) is 1.86. The highest BCUT2D eigenvalue weighted by Crippen LogP contribution is 2.32. The van der Waals surface area contributed by atoms with Gasteiger partial charge in [-0.25, -0.2) is 9.97 Å². The van der Waals surface area contributed by atoms with Crippen LogP contribution in [0.1, 0.15) is 10.6 Å². The Morgan fingerprint density at radius 2 is 1.74 bits per heavy atom. The number of nitrogens with zero attached hydrogens (tertiary/aromatic N) is 3. The standard InChI is InChI=1S/C24H22N4O7/c1-33-18-11-14-10-16-21(26-17(14)12-19(18)34-2)27-22(28(24(16)32)13-20(29)30)23(31)25-8-9-35-15-6-4-3-5-7-15/h3-7,10-12H,8-9,13H2,1-2H3,(H,25,31)(H,29,30). The highest BCUT2D eigenvalue weighted by molar-refractivity contribution is 5.96. The predicted molar refractivity (Wildman–Crippen MR) is 126 cm³/mol. The van der Waals surface area contributed by atoms with Gasteiger partial charge in [0, 0.05) is 11.5 Å². The van der Waals surface area contributed by atoms with Crippen molar-refractivity contribution in [2.75, 3.05) is 27.4 Å². The van der Waals surface area contributed by atoms with Gasteiger partial charge in [-0.05, 0) is 24.3 Å². The van der Waals surface area contributed by atoms with Crippen LogP contribution in [0, 0.1) is 0 Å². The Hall–Kier alpha value is -4.67. The van der Waals surface area contributed by atoms with E-state index in [1.807, 2.05) is 18.2 Å². The number of benzene rings is 2. The van der Waals surface area contributed by atoms with Gasteiger partial charge in [0.15, 0.2) is 17.1 Å². The summed E-state index contributed by atoms with van der Waals surface area (Å²) in [6.07, 6.45) is 0. The number of nitrogens with one attached hydrogen (secondary N) is 1. The molecule has 1 amide bonds. The molecule has 0 saturated heterocycles. The van der Waals surface area contributed by atoms with Crippen LogP contribution in [0.4, 0.5) is 0 Å². The maximum absolute atomic E-state index is 13.2. The maximum atomic E-state index is 13.2. The fourth-order valence-electron chi connectivity index (χ4n) is 3.52. The number of carbonyl (C=O) groups is 2. The molecule has 0 bridgehead atoms. The van der Waals surface area contributed by atoms with Crippen LogP contribution in [0.5, 0.6) is 17.2 Å². The highest BCUT2D eigenvalue weighted by Gasteiger charge is 2.21. The summed E-state index contributed by atoms with van der Waals surface area (Å²) in [5, 5.41) is 12.6.